The number of hydrogen-bond donors (Lipinski definition) is 2. The molecule has 0 aromatic heterocycles. The Morgan fingerprint density at radius 3 is 1.47 bits per heavy atom. The SMILES string of the molecule is NCCCOCCOCCOCCOCCO. The first-order valence-corrected chi connectivity index (χ1v) is 6.03. The molecule has 0 unspecified atom stereocenters. The molecule has 0 heterocycles. The Bertz CT molecular complexity index is 123. The van der Waals surface area contributed by atoms with Gasteiger partial charge in [0.05, 0.1) is 52.9 Å². The van der Waals surface area contributed by atoms with Crippen LogP contribution >= 0.6 is 0 Å². The minimum Gasteiger partial charge on any atom is -0.394 e. The van der Waals surface area contributed by atoms with Crippen LogP contribution < -0.4 is 5.73 Å². The third-order valence-electron chi connectivity index (χ3n) is 1.84. The summed E-state index contributed by atoms with van der Waals surface area (Å²) in [6.07, 6.45) is 0.886. The van der Waals surface area contributed by atoms with Crippen LogP contribution in [0.15, 0.2) is 0 Å². The van der Waals surface area contributed by atoms with E-state index < -0.39 is 0 Å². The molecule has 0 aromatic carbocycles. The van der Waals surface area contributed by atoms with E-state index in [4.69, 9.17) is 29.8 Å². The molecule has 0 saturated carbocycles. The summed E-state index contributed by atoms with van der Waals surface area (Å²) in [5.41, 5.74) is 5.32. The van der Waals surface area contributed by atoms with Gasteiger partial charge < -0.3 is 29.8 Å². The third kappa shape index (κ3) is 15.8. The van der Waals surface area contributed by atoms with Crippen molar-refractivity contribution < 1.29 is 24.1 Å². The van der Waals surface area contributed by atoms with Crippen LogP contribution in [0.1, 0.15) is 6.42 Å². The van der Waals surface area contributed by atoms with Gasteiger partial charge in [-0.25, -0.2) is 0 Å². The molecule has 0 aliphatic carbocycles. The van der Waals surface area contributed by atoms with E-state index in [2.05, 4.69) is 0 Å². The van der Waals surface area contributed by atoms with Crippen molar-refractivity contribution in [1.29, 1.82) is 0 Å². The molecule has 0 rings (SSSR count). The molecular weight excluding hydrogens is 226 g/mol. The van der Waals surface area contributed by atoms with Crippen molar-refractivity contribution in [2.45, 2.75) is 6.42 Å². The third-order valence-corrected chi connectivity index (χ3v) is 1.84. The van der Waals surface area contributed by atoms with E-state index in [9.17, 15) is 0 Å². The zero-order valence-electron chi connectivity index (χ0n) is 10.4. The van der Waals surface area contributed by atoms with Crippen molar-refractivity contribution in [3.05, 3.63) is 0 Å². The molecule has 0 amide bonds. The van der Waals surface area contributed by atoms with Crippen LogP contribution in [0.3, 0.4) is 0 Å². The first kappa shape index (κ1) is 16.8. The maximum Gasteiger partial charge on any atom is 0.0701 e. The molecular formula is C11H25NO5. The second-order valence-corrected chi connectivity index (χ2v) is 3.32. The maximum absolute atomic E-state index is 8.44. The molecule has 0 radical (unpaired) electrons. The summed E-state index contributed by atoms with van der Waals surface area (Å²) in [4.78, 5) is 0. The summed E-state index contributed by atoms with van der Waals surface area (Å²) in [5, 5.41) is 8.44. The van der Waals surface area contributed by atoms with E-state index in [0.29, 0.717) is 59.4 Å². The van der Waals surface area contributed by atoms with Gasteiger partial charge in [-0.3, -0.25) is 0 Å². The Hall–Kier alpha value is -0.240. The summed E-state index contributed by atoms with van der Waals surface area (Å²) in [6, 6.07) is 0. The smallest absolute Gasteiger partial charge is 0.0701 e. The fraction of sp³-hybridized carbons (Fsp3) is 1.00. The molecule has 0 aromatic rings. The van der Waals surface area contributed by atoms with Crippen molar-refractivity contribution in [2.75, 3.05) is 66.0 Å². The molecule has 6 nitrogen and oxygen atoms in total. The van der Waals surface area contributed by atoms with Crippen molar-refractivity contribution in [2.24, 2.45) is 5.73 Å². The van der Waals surface area contributed by atoms with Gasteiger partial charge in [-0.15, -0.1) is 0 Å². The molecule has 104 valence electrons. The lowest BCUT2D eigenvalue weighted by atomic mass is 10.5. The average Bonchev–Trinajstić information content (AvgIpc) is 2.35. The zero-order chi connectivity index (χ0) is 12.6. The summed E-state index contributed by atoms with van der Waals surface area (Å²) in [7, 11) is 0. The van der Waals surface area contributed by atoms with Crippen LogP contribution in [0.5, 0.6) is 0 Å². The molecule has 0 fully saturated rings. The van der Waals surface area contributed by atoms with E-state index >= 15 is 0 Å². The van der Waals surface area contributed by atoms with Gasteiger partial charge in [0, 0.05) is 6.61 Å². The zero-order valence-corrected chi connectivity index (χ0v) is 10.4. The number of ether oxygens (including phenoxy) is 4. The van der Waals surface area contributed by atoms with Gasteiger partial charge in [0.25, 0.3) is 0 Å². The predicted octanol–water partition coefficient (Wildman–Crippen LogP) is -0.606. The van der Waals surface area contributed by atoms with Crippen LogP contribution in [-0.4, -0.2) is 71.1 Å². The van der Waals surface area contributed by atoms with E-state index in [-0.39, 0.29) is 6.61 Å². The summed E-state index contributed by atoms with van der Waals surface area (Å²) in [5.74, 6) is 0. The molecule has 6 heteroatoms. The molecule has 3 N–H and O–H groups in total. The Balaban J connectivity index is 2.85. The first-order chi connectivity index (χ1) is 8.41. The minimum atomic E-state index is 0.0489. The summed E-state index contributed by atoms with van der Waals surface area (Å²) < 4.78 is 20.8. The number of nitrogens with two attached hydrogens (primary N) is 1. The van der Waals surface area contributed by atoms with Gasteiger partial charge in [0.2, 0.25) is 0 Å². The van der Waals surface area contributed by atoms with Crippen molar-refractivity contribution in [1.82, 2.24) is 0 Å². The molecule has 0 spiro atoms. The first-order valence-electron chi connectivity index (χ1n) is 6.03. The lowest BCUT2D eigenvalue weighted by molar-refractivity contribution is -0.00553. The molecule has 0 aliphatic heterocycles. The largest absolute Gasteiger partial charge is 0.394 e. The van der Waals surface area contributed by atoms with Crippen LogP contribution in [0.4, 0.5) is 0 Å². The molecule has 0 bridgehead atoms. The van der Waals surface area contributed by atoms with E-state index in [1.807, 2.05) is 0 Å². The lowest BCUT2D eigenvalue weighted by Crippen LogP contribution is -2.13. The number of aliphatic hydroxyl groups is 1. The fourth-order valence-corrected chi connectivity index (χ4v) is 1.01. The molecule has 0 saturated heterocycles. The number of aliphatic hydroxyl groups excluding tert-OH is 1. The highest BCUT2D eigenvalue weighted by atomic mass is 16.6. The minimum absolute atomic E-state index is 0.0489. The van der Waals surface area contributed by atoms with Crippen LogP contribution in [0.25, 0.3) is 0 Å². The Labute approximate surface area is 103 Å². The summed E-state index contributed by atoms with van der Waals surface area (Å²) in [6.45, 7) is 5.07. The van der Waals surface area contributed by atoms with Gasteiger partial charge in [-0.2, -0.15) is 0 Å². The van der Waals surface area contributed by atoms with Crippen molar-refractivity contribution in [3.8, 4) is 0 Å². The molecule has 17 heavy (non-hydrogen) atoms. The van der Waals surface area contributed by atoms with E-state index in [0.717, 1.165) is 6.42 Å². The Morgan fingerprint density at radius 2 is 1.06 bits per heavy atom. The lowest BCUT2D eigenvalue weighted by Gasteiger charge is -2.06. The maximum atomic E-state index is 8.44. The normalized spacial score (nSPS) is 10.9. The highest BCUT2D eigenvalue weighted by Crippen LogP contribution is 1.83. The highest BCUT2D eigenvalue weighted by Gasteiger charge is 1.92. The van der Waals surface area contributed by atoms with Crippen LogP contribution in [0, 0.1) is 0 Å². The second-order valence-electron chi connectivity index (χ2n) is 3.32. The fourth-order valence-electron chi connectivity index (χ4n) is 1.01. The highest BCUT2D eigenvalue weighted by molar-refractivity contribution is 4.37. The predicted molar refractivity (Wildman–Crippen MR) is 64.0 cm³/mol. The van der Waals surface area contributed by atoms with Crippen LogP contribution in [0.2, 0.25) is 0 Å². The van der Waals surface area contributed by atoms with Gasteiger partial charge >= 0.3 is 0 Å². The number of rotatable bonds is 14. The van der Waals surface area contributed by atoms with Gasteiger partial charge in [0.15, 0.2) is 0 Å². The van der Waals surface area contributed by atoms with Gasteiger partial charge in [0.1, 0.15) is 0 Å². The van der Waals surface area contributed by atoms with Gasteiger partial charge in [-0.1, -0.05) is 0 Å². The molecule has 0 aliphatic rings. The van der Waals surface area contributed by atoms with Crippen molar-refractivity contribution in [3.63, 3.8) is 0 Å². The topological polar surface area (TPSA) is 83.2 Å². The van der Waals surface area contributed by atoms with E-state index in [1.54, 1.807) is 0 Å². The molecule has 0 atom stereocenters. The van der Waals surface area contributed by atoms with E-state index in [1.165, 1.54) is 0 Å². The van der Waals surface area contributed by atoms with Gasteiger partial charge in [-0.05, 0) is 13.0 Å². The quantitative estimate of drug-likeness (QED) is 0.401. The standard InChI is InChI=1S/C11H25NO5/c12-2-1-4-14-6-8-16-10-11-17-9-7-15-5-3-13/h13H,1-12H2. The second kappa shape index (κ2) is 15.8. The Kier molecular flexibility index (Phi) is 15.5. The summed E-state index contributed by atoms with van der Waals surface area (Å²) >= 11 is 0. The monoisotopic (exact) mass is 251 g/mol. The Morgan fingerprint density at radius 1 is 0.647 bits per heavy atom. The van der Waals surface area contributed by atoms with Crippen LogP contribution in [-0.2, 0) is 18.9 Å². The van der Waals surface area contributed by atoms with Crippen molar-refractivity contribution >= 4 is 0 Å². The average molecular weight is 251 g/mol. The number of hydrogen-bond acceptors (Lipinski definition) is 6.